The molecule has 3 heteroatoms. The molecule has 2 heterocycles. The van der Waals surface area contributed by atoms with E-state index in [4.69, 9.17) is 0 Å². The smallest absolute Gasteiger partial charge is 0.155 e. The maximum atomic E-state index is 4.17. The zero-order valence-electron chi connectivity index (χ0n) is 9.65. The lowest BCUT2D eigenvalue weighted by Gasteiger charge is -1.86. The summed E-state index contributed by atoms with van der Waals surface area (Å²) in [5.74, 6) is 0. The third-order valence-corrected chi connectivity index (χ3v) is 1.36. The van der Waals surface area contributed by atoms with Gasteiger partial charge in [0.25, 0.3) is 0 Å². The molecule has 0 aliphatic heterocycles. The molecular weight excluding hydrogens is 174 g/mol. The largest absolute Gasteiger partial charge is 0.237 e. The molecule has 0 amide bonds. The van der Waals surface area contributed by atoms with Crippen molar-refractivity contribution in [1.82, 2.24) is 14.6 Å². The van der Waals surface area contributed by atoms with Gasteiger partial charge in [-0.15, -0.1) is 0 Å². The lowest BCUT2D eigenvalue weighted by molar-refractivity contribution is 0.917. The number of hydrogen-bond acceptors (Lipinski definition) is 2. The van der Waals surface area contributed by atoms with Gasteiger partial charge in [0.2, 0.25) is 0 Å². The van der Waals surface area contributed by atoms with E-state index in [0.717, 1.165) is 11.3 Å². The Kier molecular flexibility index (Phi) is 6.37. The van der Waals surface area contributed by atoms with Gasteiger partial charge in [-0.25, -0.2) is 9.50 Å². The summed E-state index contributed by atoms with van der Waals surface area (Å²) in [4.78, 5) is 4.10. The lowest BCUT2D eigenvalue weighted by Crippen LogP contribution is -1.86. The van der Waals surface area contributed by atoms with Gasteiger partial charge in [0, 0.05) is 18.5 Å². The summed E-state index contributed by atoms with van der Waals surface area (Å²) in [7, 11) is 0. The molecule has 0 unspecified atom stereocenters. The van der Waals surface area contributed by atoms with Crippen LogP contribution in [-0.4, -0.2) is 14.6 Å². The van der Waals surface area contributed by atoms with Crippen molar-refractivity contribution in [3.05, 3.63) is 30.2 Å². The predicted molar refractivity (Wildman–Crippen MR) is 60.4 cm³/mol. The summed E-state index contributed by atoms with van der Waals surface area (Å²) in [6.07, 6.45) is 3.64. The Bertz CT molecular complexity index is 319. The van der Waals surface area contributed by atoms with Crippen molar-refractivity contribution in [2.45, 2.75) is 34.6 Å². The molecule has 0 fully saturated rings. The van der Waals surface area contributed by atoms with E-state index in [1.54, 1.807) is 10.7 Å². The number of nitrogens with zero attached hydrogens (tertiary/aromatic N) is 3. The minimum absolute atomic E-state index is 0.903. The van der Waals surface area contributed by atoms with Gasteiger partial charge in [-0.05, 0) is 13.0 Å². The zero-order chi connectivity index (χ0) is 11.0. The van der Waals surface area contributed by atoms with Crippen LogP contribution in [0.2, 0.25) is 0 Å². The molecule has 0 atom stereocenters. The molecule has 0 aliphatic rings. The van der Waals surface area contributed by atoms with Crippen LogP contribution in [0, 0.1) is 6.92 Å². The lowest BCUT2D eigenvalue weighted by atomic mass is 10.5. The Morgan fingerprint density at radius 2 is 1.79 bits per heavy atom. The molecule has 2 rings (SSSR count). The molecule has 0 radical (unpaired) electrons. The number of rotatable bonds is 0. The normalized spacial score (nSPS) is 8.36. The van der Waals surface area contributed by atoms with Crippen molar-refractivity contribution in [2.75, 3.05) is 0 Å². The summed E-state index contributed by atoms with van der Waals surface area (Å²) in [6.45, 7) is 9.95. The predicted octanol–water partition coefficient (Wildman–Crippen LogP) is 3.09. The highest BCUT2D eigenvalue weighted by molar-refractivity contribution is 5.37. The van der Waals surface area contributed by atoms with Crippen LogP contribution in [0.5, 0.6) is 0 Å². The van der Waals surface area contributed by atoms with Gasteiger partial charge >= 0.3 is 0 Å². The van der Waals surface area contributed by atoms with Crippen molar-refractivity contribution in [1.29, 1.82) is 0 Å². The molecule has 0 saturated carbocycles. The van der Waals surface area contributed by atoms with Crippen LogP contribution in [-0.2, 0) is 0 Å². The first-order valence-corrected chi connectivity index (χ1v) is 5.13. The van der Waals surface area contributed by atoms with Crippen molar-refractivity contribution in [3.63, 3.8) is 0 Å². The monoisotopic (exact) mass is 193 g/mol. The molecule has 2 aromatic heterocycles. The third kappa shape index (κ3) is 3.17. The quantitative estimate of drug-likeness (QED) is 0.643. The van der Waals surface area contributed by atoms with Gasteiger partial charge in [-0.1, -0.05) is 27.7 Å². The van der Waals surface area contributed by atoms with Crippen LogP contribution in [0.3, 0.4) is 0 Å². The van der Waals surface area contributed by atoms with Crippen LogP contribution < -0.4 is 0 Å². The Balaban J connectivity index is 0.000000379. The van der Waals surface area contributed by atoms with Crippen LogP contribution >= 0.6 is 0 Å². The van der Waals surface area contributed by atoms with Crippen molar-refractivity contribution in [3.8, 4) is 0 Å². The van der Waals surface area contributed by atoms with Gasteiger partial charge < -0.3 is 0 Å². The van der Waals surface area contributed by atoms with E-state index in [1.807, 2.05) is 52.9 Å². The van der Waals surface area contributed by atoms with Crippen molar-refractivity contribution >= 4 is 5.65 Å². The molecule has 0 bridgehead atoms. The van der Waals surface area contributed by atoms with Gasteiger partial charge in [0.1, 0.15) is 0 Å². The van der Waals surface area contributed by atoms with Gasteiger partial charge in [-0.3, -0.25) is 0 Å². The average Bonchev–Trinajstić information content (AvgIpc) is 2.64. The summed E-state index contributed by atoms with van der Waals surface area (Å²) in [6, 6.07) is 3.80. The number of hydrogen-bond donors (Lipinski definition) is 0. The second-order valence-electron chi connectivity index (χ2n) is 2.21. The fourth-order valence-electron chi connectivity index (χ4n) is 0.949. The van der Waals surface area contributed by atoms with E-state index < -0.39 is 0 Å². The summed E-state index contributed by atoms with van der Waals surface area (Å²) in [5.41, 5.74) is 1.90. The van der Waals surface area contributed by atoms with E-state index in [9.17, 15) is 0 Å². The Morgan fingerprint density at radius 3 is 2.36 bits per heavy atom. The fourth-order valence-corrected chi connectivity index (χ4v) is 0.949. The molecule has 0 aliphatic carbocycles. The molecule has 2 aromatic rings. The highest BCUT2D eigenvalue weighted by Crippen LogP contribution is 1.99. The van der Waals surface area contributed by atoms with E-state index in [0.29, 0.717) is 0 Å². The van der Waals surface area contributed by atoms with Gasteiger partial charge in [-0.2, -0.15) is 5.10 Å². The second-order valence-corrected chi connectivity index (χ2v) is 2.21. The van der Waals surface area contributed by atoms with Crippen LogP contribution in [0.15, 0.2) is 24.5 Å². The van der Waals surface area contributed by atoms with Crippen LogP contribution in [0.1, 0.15) is 33.4 Å². The minimum atomic E-state index is 0.903. The maximum Gasteiger partial charge on any atom is 0.155 e. The zero-order valence-corrected chi connectivity index (χ0v) is 9.65. The second kappa shape index (κ2) is 7.06. The summed E-state index contributed by atoms with van der Waals surface area (Å²) < 4.78 is 1.76. The van der Waals surface area contributed by atoms with Crippen LogP contribution in [0.25, 0.3) is 5.65 Å². The van der Waals surface area contributed by atoms with Crippen molar-refractivity contribution < 1.29 is 0 Å². The van der Waals surface area contributed by atoms with Gasteiger partial charge in [0.15, 0.2) is 5.65 Å². The maximum absolute atomic E-state index is 4.17. The summed E-state index contributed by atoms with van der Waals surface area (Å²) >= 11 is 0. The molecule has 3 nitrogen and oxygen atoms in total. The number of fused-ring (bicyclic) bond motifs is 1. The molecule has 0 aromatic carbocycles. The van der Waals surface area contributed by atoms with E-state index in [-0.39, 0.29) is 0 Å². The number of aromatic nitrogens is 3. The molecule has 14 heavy (non-hydrogen) atoms. The highest BCUT2D eigenvalue weighted by atomic mass is 15.2. The first-order valence-electron chi connectivity index (χ1n) is 5.13. The third-order valence-electron chi connectivity index (χ3n) is 1.36. The molecular formula is C11H19N3. The molecule has 0 saturated heterocycles. The minimum Gasteiger partial charge on any atom is -0.237 e. The SMILES string of the molecule is CC.CC.Cc1cc2ncccn2n1. The topological polar surface area (TPSA) is 30.2 Å². The summed E-state index contributed by atoms with van der Waals surface area (Å²) in [5, 5.41) is 4.17. The molecule has 78 valence electrons. The number of aryl methyl sites for hydroxylation is 1. The fraction of sp³-hybridized carbons (Fsp3) is 0.455. The average molecular weight is 193 g/mol. The van der Waals surface area contributed by atoms with Crippen LogP contribution in [0.4, 0.5) is 0 Å². The van der Waals surface area contributed by atoms with E-state index in [1.165, 1.54) is 0 Å². The van der Waals surface area contributed by atoms with E-state index >= 15 is 0 Å². The standard InChI is InChI=1S/C7H7N3.2C2H6/c1-6-5-7-8-3-2-4-10(7)9-6;2*1-2/h2-5H,1H3;2*1-2H3. The van der Waals surface area contributed by atoms with Crippen molar-refractivity contribution in [2.24, 2.45) is 0 Å². The van der Waals surface area contributed by atoms with E-state index in [2.05, 4.69) is 10.1 Å². The first-order chi connectivity index (χ1) is 6.86. The highest BCUT2D eigenvalue weighted by Gasteiger charge is 1.93. The Labute approximate surface area is 85.8 Å². The Morgan fingerprint density at radius 1 is 1.14 bits per heavy atom. The van der Waals surface area contributed by atoms with Gasteiger partial charge in [0.05, 0.1) is 5.69 Å². The Hall–Kier alpha value is -1.38. The molecule has 0 spiro atoms. The first kappa shape index (κ1) is 12.6. The molecule has 0 N–H and O–H groups in total.